The summed E-state index contributed by atoms with van der Waals surface area (Å²) in [5.41, 5.74) is 0.785. The minimum atomic E-state index is -0.782. The van der Waals surface area contributed by atoms with E-state index in [4.69, 9.17) is 27.6 Å². The minimum Gasteiger partial charge on any atom is -0.444 e. The summed E-state index contributed by atoms with van der Waals surface area (Å²) in [6, 6.07) is 1.41. The molecule has 2 aromatic heterocycles. The van der Waals surface area contributed by atoms with E-state index in [-0.39, 0.29) is 11.3 Å². The van der Waals surface area contributed by atoms with Crippen molar-refractivity contribution >= 4 is 46.5 Å². The number of aromatic nitrogens is 2. The van der Waals surface area contributed by atoms with E-state index in [9.17, 15) is 4.79 Å². The van der Waals surface area contributed by atoms with Gasteiger partial charge >= 0.3 is 6.09 Å². The zero-order valence-electron chi connectivity index (χ0n) is 18.1. The van der Waals surface area contributed by atoms with Gasteiger partial charge in [-0.1, -0.05) is 11.6 Å². The topological polar surface area (TPSA) is 68.9 Å². The molecule has 0 saturated carbocycles. The fraction of sp³-hybridized carbons (Fsp3) is 0.524. The summed E-state index contributed by atoms with van der Waals surface area (Å²) in [5, 5.41) is 0.945. The van der Waals surface area contributed by atoms with Gasteiger partial charge in [-0.15, -0.1) is 23.1 Å². The first-order valence-corrected chi connectivity index (χ1v) is 11.9. The molecule has 3 heterocycles. The van der Waals surface area contributed by atoms with Gasteiger partial charge in [0.25, 0.3) is 0 Å². The monoisotopic (exact) mass is 480 g/mol. The van der Waals surface area contributed by atoms with Crippen LogP contribution in [0.2, 0.25) is 5.02 Å². The Kier molecular flexibility index (Phi) is 7.16. The Morgan fingerprint density at radius 1 is 1.52 bits per heavy atom. The van der Waals surface area contributed by atoms with Crippen molar-refractivity contribution in [3.63, 3.8) is 0 Å². The maximum atomic E-state index is 13.0. The van der Waals surface area contributed by atoms with Crippen molar-refractivity contribution in [3.05, 3.63) is 45.3 Å². The molecule has 1 saturated heterocycles. The van der Waals surface area contributed by atoms with Crippen LogP contribution in [0.4, 0.5) is 10.5 Å². The van der Waals surface area contributed by atoms with Crippen LogP contribution in [0.1, 0.15) is 51.2 Å². The van der Waals surface area contributed by atoms with Crippen LogP contribution in [-0.4, -0.2) is 44.9 Å². The molecule has 0 aliphatic carbocycles. The number of nitrogens with zero attached hydrogens (tertiary/aromatic N) is 4. The summed E-state index contributed by atoms with van der Waals surface area (Å²) in [7, 11) is 0. The molecule has 1 amide bonds. The summed E-state index contributed by atoms with van der Waals surface area (Å²) in [6.45, 7) is 17.1. The van der Waals surface area contributed by atoms with Crippen molar-refractivity contribution in [2.75, 3.05) is 6.61 Å². The molecule has 0 bridgehead atoms. The van der Waals surface area contributed by atoms with Gasteiger partial charge in [-0.3, -0.25) is 14.9 Å². The lowest BCUT2D eigenvalue weighted by molar-refractivity contribution is -0.0626. The molecule has 3 rings (SSSR count). The number of hydrogen-bond acceptors (Lipinski definition) is 7. The van der Waals surface area contributed by atoms with Crippen LogP contribution >= 0.6 is 34.7 Å². The van der Waals surface area contributed by atoms with Gasteiger partial charge in [0.15, 0.2) is 0 Å². The van der Waals surface area contributed by atoms with Crippen LogP contribution < -0.4 is 0 Å². The number of ether oxygens (including phenoxy) is 2. The second-order valence-electron chi connectivity index (χ2n) is 8.60. The maximum Gasteiger partial charge on any atom is 0.412 e. The Morgan fingerprint density at radius 2 is 2.26 bits per heavy atom. The van der Waals surface area contributed by atoms with Crippen LogP contribution in [0.25, 0.3) is 4.85 Å². The van der Waals surface area contributed by atoms with Crippen molar-refractivity contribution in [1.82, 2.24) is 14.9 Å². The lowest BCUT2D eigenvalue weighted by Gasteiger charge is -2.36. The Bertz CT molecular complexity index is 970. The molecular formula is C21H25ClN4O3S2. The van der Waals surface area contributed by atoms with Crippen molar-refractivity contribution in [1.29, 1.82) is 0 Å². The Morgan fingerprint density at radius 3 is 2.87 bits per heavy atom. The molecule has 2 atom stereocenters. The van der Waals surface area contributed by atoms with Crippen molar-refractivity contribution < 1.29 is 14.3 Å². The molecule has 10 heteroatoms. The molecule has 0 radical (unpaired) electrons. The molecule has 1 unspecified atom stereocenters. The largest absolute Gasteiger partial charge is 0.444 e. The smallest absolute Gasteiger partial charge is 0.412 e. The van der Waals surface area contributed by atoms with E-state index in [1.165, 1.54) is 29.3 Å². The first kappa shape index (κ1) is 23.8. The third-order valence-corrected chi connectivity index (χ3v) is 7.11. The van der Waals surface area contributed by atoms with Crippen molar-refractivity contribution in [2.24, 2.45) is 0 Å². The molecule has 1 aliphatic rings. The highest BCUT2D eigenvalue weighted by Gasteiger charge is 2.46. The summed E-state index contributed by atoms with van der Waals surface area (Å²) in [6.07, 6.45) is 3.54. The fourth-order valence-electron chi connectivity index (χ4n) is 3.31. The second-order valence-corrected chi connectivity index (χ2v) is 11.1. The molecule has 0 spiro atoms. The van der Waals surface area contributed by atoms with E-state index in [0.29, 0.717) is 28.8 Å². The molecule has 1 fully saturated rings. The summed E-state index contributed by atoms with van der Waals surface area (Å²) >= 11 is 9.01. The lowest BCUT2D eigenvalue weighted by atomic mass is 10.1. The molecular weight excluding hydrogens is 456 g/mol. The fourth-order valence-corrected chi connectivity index (χ4v) is 5.49. The Labute approximate surface area is 195 Å². The number of pyridine rings is 1. The molecule has 31 heavy (non-hydrogen) atoms. The van der Waals surface area contributed by atoms with E-state index in [1.54, 1.807) is 16.5 Å². The molecule has 2 aromatic rings. The number of thioether (sulfide) groups is 1. The molecule has 0 N–H and O–H groups in total. The third-order valence-electron chi connectivity index (χ3n) is 4.59. The molecule has 1 aliphatic heterocycles. The zero-order chi connectivity index (χ0) is 22.8. The molecule has 0 aromatic carbocycles. The van der Waals surface area contributed by atoms with Gasteiger partial charge in [0.1, 0.15) is 16.4 Å². The number of thiazole rings is 1. The van der Waals surface area contributed by atoms with Crippen LogP contribution in [0.5, 0.6) is 0 Å². The predicted molar refractivity (Wildman–Crippen MR) is 123 cm³/mol. The minimum absolute atomic E-state index is 0.0749. The lowest BCUT2D eigenvalue weighted by Crippen LogP contribution is -2.50. The Hall–Kier alpha value is -1.86. The highest BCUT2D eigenvalue weighted by atomic mass is 35.5. The number of hydrogen-bond donors (Lipinski definition) is 0. The van der Waals surface area contributed by atoms with Gasteiger partial charge in [0.05, 0.1) is 24.7 Å². The van der Waals surface area contributed by atoms with Gasteiger partial charge in [0, 0.05) is 27.5 Å². The number of rotatable bonds is 5. The quantitative estimate of drug-likeness (QED) is 0.367. The van der Waals surface area contributed by atoms with Crippen molar-refractivity contribution in [3.8, 4) is 0 Å². The van der Waals surface area contributed by atoms with Gasteiger partial charge in [-0.25, -0.2) is 9.64 Å². The average molecular weight is 481 g/mol. The van der Waals surface area contributed by atoms with E-state index in [2.05, 4.69) is 14.8 Å². The summed E-state index contributed by atoms with van der Waals surface area (Å²) < 4.78 is 11.6. The van der Waals surface area contributed by atoms with Crippen molar-refractivity contribution in [2.45, 2.75) is 68.7 Å². The molecule has 166 valence electrons. The van der Waals surface area contributed by atoms with Crippen LogP contribution in [0.15, 0.2) is 29.0 Å². The number of halogens is 1. The highest BCUT2D eigenvalue weighted by molar-refractivity contribution is 7.99. The first-order chi connectivity index (χ1) is 14.5. The van der Waals surface area contributed by atoms with E-state index in [1.807, 2.05) is 40.8 Å². The van der Waals surface area contributed by atoms with Gasteiger partial charge in [-0.2, -0.15) is 0 Å². The van der Waals surface area contributed by atoms with E-state index in [0.717, 1.165) is 4.88 Å². The van der Waals surface area contributed by atoms with Crippen LogP contribution in [-0.2, 0) is 9.47 Å². The third kappa shape index (κ3) is 5.89. The van der Waals surface area contributed by atoms with Crippen LogP contribution in [0.3, 0.4) is 0 Å². The number of carbonyl (C=O) groups excluding carboxylic acids is 1. The zero-order valence-corrected chi connectivity index (χ0v) is 20.5. The predicted octanol–water partition coefficient (Wildman–Crippen LogP) is 6.34. The standard InChI is InChI=1S/C21H25ClN4O3S2/c1-20(2,3)29-19(27)26-14(11-28-21(26,4)5)8-16(17-10-24-12-30-17)31-18-15(23-6)7-13(22)9-25-18/h7,9-10,12,14,16H,8,11H2,1-5H3/t14?,16-/m1/s1. The first-order valence-electron chi connectivity index (χ1n) is 9.74. The van der Waals surface area contributed by atoms with E-state index >= 15 is 0 Å². The summed E-state index contributed by atoms with van der Waals surface area (Å²) in [5.74, 6) is 0. The average Bonchev–Trinajstić information content (AvgIpc) is 3.28. The highest BCUT2D eigenvalue weighted by Crippen LogP contribution is 2.45. The summed E-state index contributed by atoms with van der Waals surface area (Å²) in [4.78, 5) is 27.9. The normalized spacial score (nSPS) is 19.1. The second kappa shape index (κ2) is 9.33. The van der Waals surface area contributed by atoms with E-state index < -0.39 is 17.4 Å². The van der Waals surface area contributed by atoms with Gasteiger partial charge in [0.2, 0.25) is 5.69 Å². The Balaban J connectivity index is 1.88. The number of amides is 1. The number of carbonyl (C=O) groups is 1. The van der Waals surface area contributed by atoms with Gasteiger partial charge in [-0.05, 0) is 47.1 Å². The van der Waals surface area contributed by atoms with Gasteiger partial charge < -0.3 is 9.47 Å². The van der Waals surface area contributed by atoms with Crippen LogP contribution in [0, 0.1) is 6.57 Å². The molecule has 7 nitrogen and oxygen atoms in total. The maximum absolute atomic E-state index is 13.0. The SMILES string of the molecule is [C-]#[N+]c1cc(Cl)cnc1S[C@H](CC1COC(C)(C)N1C(=O)OC(C)(C)C)c1cncs1.